The van der Waals surface area contributed by atoms with Gasteiger partial charge in [-0.25, -0.2) is 0 Å². The first kappa shape index (κ1) is 60.6. The number of esters is 3. The number of unbranched alkanes of at least 4 members (excludes halogenated alkanes) is 34. The summed E-state index contributed by atoms with van der Waals surface area (Å²) >= 11 is 0. The van der Waals surface area contributed by atoms with Crippen molar-refractivity contribution in [3.8, 4) is 0 Å². The van der Waals surface area contributed by atoms with Crippen LogP contribution in [0.3, 0.4) is 0 Å². The van der Waals surface area contributed by atoms with E-state index in [0.29, 0.717) is 19.3 Å². The summed E-state index contributed by atoms with van der Waals surface area (Å²) in [5.41, 5.74) is 0. The fourth-order valence-corrected chi connectivity index (χ4v) is 7.96. The lowest BCUT2D eigenvalue weighted by Crippen LogP contribution is -2.30. The molecule has 0 radical (unpaired) electrons. The largest absolute Gasteiger partial charge is 0.462 e. The third-order valence-corrected chi connectivity index (χ3v) is 12.1. The van der Waals surface area contributed by atoms with E-state index in [-0.39, 0.29) is 31.1 Å². The number of carbonyl (C=O) groups is 3. The Bertz CT molecular complexity index is 1060. The molecule has 63 heavy (non-hydrogen) atoms. The molecule has 0 amide bonds. The Morgan fingerprint density at radius 1 is 0.317 bits per heavy atom. The van der Waals surface area contributed by atoms with Crippen molar-refractivity contribution in [3.05, 3.63) is 36.5 Å². The standard InChI is InChI=1S/C57H104O6/c1-4-7-10-13-16-19-22-25-27-28-29-30-31-33-35-38-41-44-47-50-56(59)62-53-54(52-61-55(58)49-46-43-40-37-34-24-21-18-15-12-9-6-3)63-57(60)51-48-45-42-39-36-32-26-23-20-17-14-11-8-5-2/h16,18-19,21-22,25,54H,4-15,17,20,23-24,26-53H2,1-3H3/b19-16-,21-18-,25-22-. The molecule has 0 aromatic carbocycles. The maximum atomic E-state index is 12.8. The van der Waals surface area contributed by atoms with Gasteiger partial charge in [0.05, 0.1) is 0 Å². The molecule has 0 heterocycles. The highest BCUT2D eigenvalue weighted by molar-refractivity contribution is 5.71. The number of hydrogen-bond acceptors (Lipinski definition) is 6. The summed E-state index contributed by atoms with van der Waals surface area (Å²) in [6, 6.07) is 0. The van der Waals surface area contributed by atoms with Crippen LogP contribution in [0.1, 0.15) is 290 Å². The van der Waals surface area contributed by atoms with E-state index in [1.807, 2.05) is 0 Å². The second-order valence-corrected chi connectivity index (χ2v) is 18.5. The van der Waals surface area contributed by atoms with Gasteiger partial charge in [0.1, 0.15) is 13.2 Å². The summed E-state index contributed by atoms with van der Waals surface area (Å²) in [6.07, 6.45) is 61.2. The molecule has 0 aliphatic rings. The van der Waals surface area contributed by atoms with Crippen LogP contribution in [-0.2, 0) is 28.6 Å². The lowest BCUT2D eigenvalue weighted by atomic mass is 10.0. The zero-order valence-corrected chi connectivity index (χ0v) is 42.1. The first-order chi connectivity index (χ1) is 31.0. The van der Waals surface area contributed by atoms with E-state index in [1.165, 1.54) is 186 Å². The smallest absolute Gasteiger partial charge is 0.306 e. The van der Waals surface area contributed by atoms with E-state index >= 15 is 0 Å². The zero-order chi connectivity index (χ0) is 45.8. The average molecular weight is 885 g/mol. The van der Waals surface area contributed by atoms with Crippen molar-refractivity contribution in [2.45, 2.75) is 297 Å². The van der Waals surface area contributed by atoms with Gasteiger partial charge in [-0.15, -0.1) is 0 Å². The van der Waals surface area contributed by atoms with Crippen molar-refractivity contribution in [1.29, 1.82) is 0 Å². The molecule has 0 rings (SSSR count). The van der Waals surface area contributed by atoms with Gasteiger partial charge in [-0.3, -0.25) is 14.4 Å². The summed E-state index contributed by atoms with van der Waals surface area (Å²) < 4.78 is 16.8. The van der Waals surface area contributed by atoms with Gasteiger partial charge in [-0.05, 0) is 70.6 Å². The molecule has 368 valence electrons. The van der Waals surface area contributed by atoms with Crippen LogP contribution < -0.4 is 0 Å². The van der Waals surface area contributed by atoms with E-state index in [2.05, 4.69) is 57.2 Å². The molecule has 0 aromatic rings. The predicted molar refractivity (Wildman–Crippen MR) is 270 cm³/mol. The number of hydrogen-bond donors (Lipinski definition) is 0. The van der Waals surface area contributed by atoms with Crippen molar-refractivity contribution in [2.24, 2.45) is 0 Å². The fourth-order valence-electron chi connectivity index (χ4n) is 7.96. The summed E-state index contributed by atoms with van der Waals surface area (Å²) in [4.78, 5) is 38.0. The molecular weight excluding hydrogens is 781 g/mol. The molecule has 0 aromatic heterocycles. The lowest BCUT2D eigenvalue weighted by Gasteiger charge is -2.18. The Balaban J connectivity index is 4.32. The van der Waals surface area contributed by atoms with E-state index < -0.39 is 6.10 Å². The molecule has 0 bridgehead atoms. The van der Waals surface area contributed by atoms with Crippen LogP contribution in [-0.4, -0.2) is 37.2 Å². The van der Waals surface area contributed by atoms with Crippen LogP contribution in [0.15, 0.2) is 36.5 Å². The van der Waals surface area contributed by atoms with E-state index in [1.54, 1.807) is 0 Å². The molecule has 0 fully saturated rings. The molecule has 6 heteroatoms. The third kappa shape index (κ3) is 50.5. The number of allylic oxidation sites excluding steroid dienone is 6. The van der Waals surface area contributed by atoms with Crippen molar-refractivity contribution >= 4 is 17.9 Å². The van der Waals surface area contributed by atoms with Crippen molar-refractivity contribution < 1.29 is 28.6 Å². The predicted octanol–water partition coefficient (Wildman–Crippen LogP) is 18.1. The maximum absolute atomic E-state index is 12.8. The first-order valence-electron chi connectivity index (χ1n) is 27.5. The number of carbonyl (C=O) groups excluding carboxylic acids is 3. The van der Waals surface area contributed by atoms with E-state index in [0.717, 1.165) is 64.2 Å². The van der Waals surface area contributed by atoms with Gasteiger partial charge in [-0.2, -0.15) is 0 Å². The SMILES string of the molecule is CCCCC/C=C\C=C/CCCCCCCCCCCCC(=O)OCC(COC(=O)CCCCCCC/C=C\CCCCC)OC(=O)CCCCCCCCCCCCCCCC. The van der Waals surface area contributed by atoms with E-state index in [4.69, 9.17) is 14.2 Å². The molecule has 0 spiro atoms. The summed E-state index contributed by atoms with van der Waals surface area (Å²) in [6.45, 7) is 6.61. The summed E-state index contributed by atoms with van der Waals surface area (Å²) in [5, 5.41) is 0. The quantitative estimate of drug-likeness (QED) is 0.0199. The van der Waals surface area contributed by atoms with Gasteiger partial charge < -0.3 is 14.2 Å². The van der Waals surface area contributed by atoms with Gasteiger partial charge in [0.2, 0.25) is 0 Å². The van der Waals surface area contributed by atoms with Crippen LogP contribution in [0.5, 0.6) is 0 Å². The molecule has 0 aliphatic heterocycles. The zero-order valence-electron chi connectivity index (χ0n) is 42.1. The molecule has 1 unspecified atom stereocenters. The molecular formula is C57H104O6. The highest BCUT2D eigenvalue weighted by atomic mass is 16.6. The molecule has 0 aliphatic carbocycles. The Hall–Kier alpha value is -2.37. The fraction of sp³-hybridized carbons (Fsp3) is 0.842. The Labute approximate surface area is 391 Å². The first-order valence-corrected chi connectivity index (χ1v) is 27.5. The van der Waals surface area contributed by atoms with Crippen LogP contribution in [0.25, 0.3) is 0 Å². The molecule has 0 saturated heterocycles. The number of ether oxygens (including phenoxy) is 3. The highest BCUT2D eigenvalue weighted by Gasteiger charge is 2.19. The second-order valence-electron chi connectivity index (χ2n) is 18.5. The van der Waals surface area contributed by atoms with Crippen LogP contribution >= 0.6 is 0 Å². The van der Waals surface area contributed by atoms with Crippen molar-refractivity contribution in [3.63, 3.8) is 0 Å². The Morgan fingerprint density at radius 3 is 0.921 bits per heavy atom. The minimum atomic E-state index is -0.772. The lowest BCUT2D eigenvalue weighted by molar-refractivity contribution is -0.167. The average Bonchev–Trinajstić information content (AvgIpc) is 3.28. The maximum Gasteiger partial charge on any atom is 0.306 e. The monoisotopic (exact) mass is 885 g/mol. The topological polar surface area (TPSA) is 78.9 Å². The van der Waals surface area contributed by atoms with Crippen LogP contribution in [0, 0.1) is 0 Å². The van der Waals surface area contributed by atoms with Gasteiger partial charge >= 0.3 is 17.9 Å². The van der Waals surface area contributed by atoms with Gasteiger partial charge in [0.15, 0.2) is 6.10 Å². The minimum absolute atomic E-state index is 0.0733. The Kier molecular flexibility index (Phi) is 50.3. The molecule has 1 atom stereocenters. The van der Waals surface area contributed by atoms with E-state index in [9.17, 15) is 14.4 Å². The van der Waals surface area contributed by atoms with Gasteiger partial charge in [-0.1, -0.05) is 237 Å². The minimum Gasteiger partial charge on any atom is -0.462 e. The summed E-state index contributed by atoms with van der Waals surface area (Å²) in [5.74, 6) is -0.872. The molecule has 0 N–H and O–H groups in total. The van der Waals surface area contributed by atoms with Gasteiger partial charge in [0.25, 0.3) is 0 Å². The molecule has 6 nitrogen and oxygen atoms in total. The van der Waals surface area contributed by atoms with Crippen LogP contribution in [0.4, 0.5) is 0 Å². The highest BCUT2D eigenvalue weighted by Crippen LogP contribution is 2.16. The van der Waals surface area contributed by atoms with Crippen molar-refractivity contribution in [1.82, 2.24) is 0 Å². The second kappa shape index (κ2) is 52.3. The van der Waals surface area contributed by atoms with Gasteiger partial charge in [0, 0.05) is 19.3 Å². The van der Waals surface area contributed by atoms with Crippen molar-refractivity contribution in [2.75, 3.05) is 13.2 Å². The Morgan fingerprint density at radius 2 is 0.571 bits per heavy atom. The third-order valence-electron chi connectivity index (χ3n) is 12.1. The molecule has 0 saturated carbocycles. The summed E-state index contributed by atoms with van der Waals surface area (Å²) in [7, 11) is 0. The normalized spacial score (nSPS) is 12.2. The number of rotatable bonds is 50. The van der Waals surface area contributed by atoms with Crippen LogP contribution in [0.2, 0.25) is 0 Å².